The van der Waals surface area contributed by atoms with Gasteiger partial charge in [0, 0.05) is 0 Å². The van der Waals surface area contributed by atoms with Gasteiger partial charge in [0.15, 0.2) is 0 Å². The fourth-order valence-electron chi connectivity index (χ4n) is 2.40. The Kier molecular flexibility index (Phi) is 4.53. The van der Waals surface area contributed by atoms with Crippen LogP contribution in [-0.2, 0) is 10.0 Å². The van der Waals surface area contributed by atoms with Crippen molar-refractivity contribution in [1.82, 2.24) is 14.4 Å². The minimum absolute atomic E-state index is 0.165. The standard InChI is InChI=1S/C17H19N3O3S/c1-3-4-11-23-17-10-9-14(12-13(17)2)24(21,22)20-16-8-6-5-7-15(16)18-19-20/h5-10,12H,3-4,11H2,1-2H3. The Labute approximate surface area is 141 Å². The van der Waals surface area contributed by atoms with Crippen molar-refractivity contribution in [1.29, 1.82) is 0 Å². The number of unbranched alkanes of at least 4 members (excludes halogenated alkanes) is 1. The van der Waals surface area contributed by atoms with Crippen LogP contribution in [0, 0.1) is 6.92 Å². The van der Waals surface area contributed by atoms with Crippen molar-refractivity contribution in [2.24, 2.45) is 0 Å². The monoisotopic (exact) mass is 345 g/mol. The maximum Gasteiger partial charge on any atom is 0.284 e. The van der Waals surface area contributed by atoms with E-state index in [2.05, 4.69) is 17.2 Å². The lowest BCUT2D eigenvalue weighted by molar-refractivity contribution is 0.307. The Morgan fingerprint density at radius 2 is 1.96 bits per heavy atom. The molecule has 0 N–H and O–H groups in total. The van der Waals surface area contributed by atoms with Gasteiger partial charge in [0.1, 0.15) is 16.8 Å². The number of hydrogen-bond acceptors (Lipinski definition) is 5. The third kappa shape index (κ3) is 2.99. The SMILES string of the molecule is CCCCOc1ccc(S(=O)(=O)n2nnc3ccccc32)cc1C. The van der Waals surface area contributed by atoms with E-state index in [0.29, 0.717) is 23.4 Å². The number of benzene rings is 2. The van der Waals surface area contributed by atoms with Gasteiger partial charge in [-0.2, -0.15) is 8.42 Å². The molecule has 7 heteroatoms. The molecule has 0 spiro atoms. The Hall–Kier alpha value is -2.41. The first-order valence-electron chi connectivity index (χ1n) is 7.83. The second kappa shape index (κ2) is 6.60. The lowest BCUT2D eigenvalue weighted by Gasteiger charge is -2.11. The first-order valence-corrected chi connectivity index (χ1v) is 9.27. The largest absolute Gasteiger partial charge is 0.493 e. The van der Waals surface area contributed by atoms with Crippen LogP contribution in [0.25, 0.3) is 11.0 Å². The molecular formula is C17H19N3O3S. The van der Waals surface area contributed by atoms with E-state index in [4.69, 9.17) is 4.74 Å². The lowest BCUT2D eigenvalue weighted by atomic mass is 10.2. The smallest absolute Gasteiger partial charge is 0.284 e. The molecule has 0 unspecified atom stereocenters. The molecular weight excluding hydrogens is 326 g/mol. The Morgan fingerprint density at radius 3 is 2.71 bits per heavy atom. The highest BCUT2D eigenvalue weighted by atomic mass is 32.2. The van der Waals surface area contributed by atoms with E-state index >= 15 is 0 Å². The van der Waals surface area contributed by atoms with Crippen LogP contribution in [0.15, 0.2) is 47.4 Å². The summed E-state index contributed by atoms with van der Waals surface area (Å²) in [5, 5.41) is 7.71. The Bertz CT molecular complexity index is 964. The Balaban J connectivity index is 1.97. The molecule has 0 aliphatic rings. The highest BCUT2D eigenvalue weighted by molar-refractivity contribution is 7.90. The van der Waals surface area contributed by atoms with Crippen molar-refractivity contribution < 1.29 is 13.2 Å². The fraction of sp³-hybridized carbons (Fsp3) is 0.294. The summed E-state index contributed by atoms with van der Waals surface area (Å²) in [7, 11) is -3.80. The minimum atomic E-state index is -3.80. The fourth-order valence-corrected chi connectivity index (χ4v) is 3.71. The van der Waals surface area contributed by atoms with Gasteiger partial charge in [-0.15, -0.1) is 9.19 Å². The summed E-state index contributed by atoms with van der Waals surface area (Å²) in [6.45, 7) is 4.55. The zero-order valence-electron chi connectivity index (χ0n) is 13.6. The number of para-hydroxylation sites is 1. The molecule has 0 atom stereocenters. The van der Waals surface area contributed by atoms with Gasteiger partial charge in [0.25, 0.3) is 10.0 Å². The van der Waals surface area contributed by atoms with E-state index < -0.39 is 10.0 Å². The van der Waals surface area contributed by atoms with Gasteiger partial charge in [0.2, 0.25) is 0 Å². The first-order chi connectivity index (χ1) is 11.5. The summed E-state index contributed by atoms with van der Waals surface area (Å²) in [5.41, 5.74) is 1.77. The zero-order chi connectivity index (χ0) is 17.2. The van der Waals surface area contributed by atoms with Crippen LogP contribution >= 0.6 is 0 Å². The molecule has 3 aromatic rings. The number of aromatic nitrogens is 3. The topological polar surface area (TPSA) is 74.1 Å². The van der Waals surface area contributed by atoms with Crippen LogP contribution in [0.4, 0.5) is 0 Å². The van der Waals surface area contributed by atoms with Gasteiger partial charge in [-0.25, -0.2) is 0 Å². The minimum Gasteiger partial charge on any atom is -0.493 e. The highest BCUT2D eigenvalue weighted by Crippen LogP contribution is 2.24. The molecule has 0 bridgehead atoms. The summed E-state index contributed by atoms with van der Waals surface area (Å²) in [6.07, 6.45) is 2.01. The van der Waals surface area contributed by atoms with E-state index in [1.165, 1.54) is 0 Å². The van der Waals surface area contributed by atoms with Crippen LogP contribution in [0.5, 0.6) is 5.75 Å². The second-order valence-corrected chi connectivity index (χ2v) is 7.32. The summed E-state index contributed by atoms with van der Waals surface area (Å²) >= 11 is 0. The number of ether oxygens (including phenoxy) is 1. The van der Waals surface area contributed by atoms with Gasteiger partial charge in [-0.05, 0) is 49.2 Å². The first kappa shape index (κ1) is 16.4. The summed E-state index contributed by atoms with van der Waals surface area (Å²) in [5.74, 6) is 0.700. The molecule has 6 nitrogen and oxygen atoms in total. The van der Waals surface area contributed by atoms with Crippen molar-refractivity contribution in [2.45, 2.75) is 31.6 Å². The van der Waals surface area contributed by atoms with Crippen molar-refractivity contribution >= 4 is 21.1 Å². The molecule has 1 heterocycles. The average molecular weight is 345 g/mol. The van der Waals surface area contributed by atoms with Crippen molar-refractivity contribution in [3.63, 3.8) is 0 Å². The molecule has 0 saturated carbocycles. The predicted molar refractivity (Wildman–Crippen MR) is 91.7 cm³/mol. The average Bonchev–Trinajstić information content (AvgIpc) is 3.01. The van der Waals surface area contributed by atoms with E-state index in [9.17, 15) is 8.42 Å². The second-order valence-electron chi connectivity index (χ2n) is 5.56. The lowest BCUT2D eigenvalue weighted by Crippen LogP contribution is -2.15. The van der Waals surface area contributed by atoms with Crippen LogP contribution in [0.1, 0.15) is 25.3 Å². The molecule has 3 rings (SSSR count). The molecule has 24 heavy (non-hydrogen) atoms. The van der Waals surface area contributed by atoms with Crippen LogP contribution < -0.4 is 4.74 Å². The zero-order valence-corrected chi connectivity index (χ0v) is 14.5. The Morgan fingerprint density at radius 1 is 1.17 bits per heavy atom. The van der Waals surface area contributed by atoms with Gasteiger partial charge < -0.3 is 4.74 Å². The van der Waals surface area contributed by atoms with E-state index in [-0.39, 0.29) is 4.90 Å². The molecule has 0 radical (unpaired) electrons. The van der Waals surface area contributed by atoms with Gasteiger partial charge in [0.05, 0.1) is 11.5 Å². The van der Waals surface area contributed by atoms with E-state index in [1.54, 1.807) is 42.5 Å². The number of rotatable bonds is 6. The maximum atomic E-state index is 12.9. The summed E-state index contributed by atoms with van der Waals surface area (Å²) < 4.78 is 32.3. The molecule has 1 aromatic heterocycles. The van der Waals surface area contributed by atoms with Crippen LogP contribution in [0.3, 0.4) is 0 Å². The number of nitrogens with zero attached hydrogens (tertiary/aromatic N) is 3. The van der Waals surface area contributed by atoms with E-state index in [0.717, 1.165) is 22.5 Å². The van der Waals surface area contributed by atoms with Crippen molar-refractivity contribution in [3.05, 3.63) is 48.0 Å². The molecule has 0 fully saturated rings. The van der Waals surface area contributed by atoms with Crippen molar-refractivity contribution in [3.8, 4) is 5.75 Å². The van der Waals surface area contributed by atoms with E-state index in [1.807, 2.05) is 6.92 Å². The molecule has 126 valence electrons. The van der Waals surface area contributed by atoms with Crippen molar-refractivity contribution in [2.75, 3.05) is 6.61 Å². The molecule has 0 saturated heterocycles. The maximum absolute atomic E-state index is 12.9. The third-order valence-electron chi connectivity index (χ3n) is 3.75. The summed E-state index contributed by atoms with van der Waals surface area (Å²) in [6, 6.07) is 11.8. The molecule has 0 aliphatic carbocycles. The molecule has 0 amide bonds. The molecule has 2 aromatic carbocycles. The van der Waals surface area contributed by atoms with Gasteiger partial charge >= 0.3 is 0 Å². The summed E-state index contributed by atoms with van der Waals surface area (Å²) in [4.78, 5) is 0.165. The molecule has 0 aliphatic heterocycles. The van der Waals surface area contributed by atoms with Gasteiger partial charge in [-0.1, -0.05) is 30.7 Å². The third-order valence-corrected chi connectivity index (χ3v) is 5.32. The van der Waals surface area contributed by atoms with Crippen LogP contribution in [-0.4, -0.2) is 29.4 Å². The number of fused-ring (bicyclic) bond motifs is 1. The normalized spacial score (nSPS) is 11.8. The number of hydrogen-bond donors (Lipinski definition) is 0. The number of aryl methyl sites for hydroxylation is 1. The highest BCUT2D eigenvalue weighted by Gasteiger charge is 2.22. The van der Waals surface area contributed by atoms with Crippen LogP contribution in [0.2, 0.25) is 0 Å². The quantitative estimate of drug-likeness (QED) is 0.642. The predicted octanol–water partition coefficient (Wildman–Crippen LogP) is 3.16. The van der Waals surface area contributed by atoms with Gasteiger partial charge in [-0.3, -0.25) is 0 Å².